The fourth-order valence-corrected chi connectivity index (χ4v) is 3.58. The normalized spacial score (nSPS) is 38.6. The summed E-state index contributed by atoms with van der Waals surface area (Å²) >= 11 is 1.94. The van der Waals surface area contributed by atoms with E-state index in [1.165, 1.54) is 12.8 Å². The Morgan fingerprint density at radius 1 is 1.50 bits per heavy atom. The van der Waals surface area contributed by atoms with Gasteiger partial charge in [0.2, 0.25) is 0 Å². The van der Waals surface area contributed by atoms with Crippen LogP contribution in [-0.2, 0) is 4.74 Å². The second kappa shape index (κ2) is 4.87. The first kappa shape index (κ1) is 12.7. The summed E-state index contributed by atoms with van der Waals surface area (Å²) in [6, 6.07) is 0.660. The Kier molecular flexibility index (Phi) is 3.87. The minimum absolute atomic E-state index is 0.323. The van der Waals surface area contributed by atoms with Crippen molar-refractivity contribution in [1.29, 1.82) is 0 Å². The third kappa shape index (κ3) is 2.14. The molecule has 0 aromatic heterocycles. The number of rotatable bonds is 4. The van der Waals surface area contributed by atoms with Crippen LogP contribution in [0.4, 0.5) is 0 Å². The number of hydrogen-bond donors (Lipinski definition) is 1. The van der Waals surface area contributed by atoms with Crippen molar-refractivity contribution in [1.82, 2.24) is 5.32 Å². The van der Waals surface area contributed by atoms with Crippen LogP contribution in [0.2, 0.25) is 0 Å². The lowest BCUT2D eigenvalue weighted by Gasteiger charge is -2.60. The van der Waals surface area contributed by atoms with Gasteiger partial charge in [0.05, 0.1) is 6.10 Å². The van der Waals surface area contributed by atoms with E-state index in [1.807, 2.05) is 11.8 Å². The van der Waals surface area contributed by atoms with Crippen LogP contribution in [0, 0.1) is 11.3 Å². The molecule has 0 bridgehead atoms. The van der Waals surface area contributed by atoms with E-state index in [4.69, 9.17) is 4.74 Å². The summed E-state index contributed by atoms with van der Waals surface area (Å²) < 4.78 is 5.91. The first-order valence-electron chi connectivity index (χ1n) is 6.45. The fraction of sp³-hybridized carbons (Fsp3) is 1.00. The van der Waals surface area contributed by atoms with Crippen molar-refractivity contribution >= 4 is 11.8 Å². The van der Waals surface area contributed by atoms with Gasteiger partial charge >= 0.3 is 0 Å². The maximum atomic E-state index is 5.91. The van der Waals surface area contributed by atoms with Crippen molar-refractivity contribution in [2.45, 2.75) is 51.0 Å². The predicted molar refractivity (Wildman–Crippen MR) is 71.0 cm³/mol. The largest absolute Gasteiger partial charge is 0.377 e. The van der Waals surface area contributed by atoms with E-state index in [-0.39, 0.29) is 0 Å². The zero-order valence-corrected chi connectivity index (χ0v) is 11.8. The topological polar surface area (TPSA) is 21.3 Å². The van der Waals surface area contributed by atoms with Crippen molar-refractivity contribution in [3.8, 4) is 0 Å². The molecule has 4 unspecified atom stereocenters. The Balaban J connectivity index is 1.89. The highest BCUT2D eigenvalue weighted by Crippen LogP contribution is 2.51. The lowest BCUT2D eigenvalue weighted by molar-refractivity contribution is -0.192. The number of hydrogen-bond acceptors (Lipinski definition) is 3. The van der Waals surface area contributed by atoms with Gasteiger partial charge in [-0.1, -0.05) is 20.8 Å². The van der Waals surface area contributed by atoms with Gasteiger partial charge in [-0.15, -0.1) is 0 Å². The minimum Gasteiger partial charge on any atom is -0.377 e. The molecule has 1 saturated carbocycles. The van der Waals surface area contributed by atoms with Crippen LogP contribution in [0.25, 0.3) is 0 Å². The van der Waals surface area contributed by atoms with Gasteiger partial charge in [0, 0.05) is 35.8 Å². The standard InChI is InChI=1S/C13H25NOS/c1-9(16-4)8-14-11-10-6-5-7-15-12(10)13(11,2)3/h9-12,14H,5-8H2,1-4H3. The molecule has 3 heteroatoms. The minimum atomic E-state index is 0.323. The molecule has 0 radical (unpaired) electrons. The van der Waals surface area contributed by atoms with Gasteiger partial charge in [-0.2, -0.15) is 11.8 Å². The molecule has 1 saturated heterocycles. The molecule has 0 aromatic rings. The van der Waals surface area contributed by atoms with E-state index in [1.54, 1.807) is 0 Å². The Morgan fingerprint density at radius 3 is 2.94 bits per heavy atom. The average Bonchev–Trinajstić information content (AvgIpc) is 2.28. The van der Waals surface area contributed by atoms with Gasteiger partial charge in [-0.05, 0) is 19.1 Å². The van der Waals surface area contributed by atoms with Crippen molar-refractivity contribution in [3.05, 3.63) is 0 Å². The third-order valence-electron chi connectivity index (χ3n) is 4.36. The van der Waals surface area contributed by atoms with Gasteiger partial charge < -0.3 is 10.1 Å². The van der Waals surface area contributed by atoms with E-state index in [9.17, 15) is 0 Å². The summed E-state index contributed by atoms with van der Waals surface area (Å²) in [6.45, 7) is 9.08. The Hall–Kier alpha value is 0.270. The molecule has 94 valence electrons. The van der Waals surface area contributed by atoms with Crippen LogP contribution in [0.5, 0.6) is 0 Å². The summed E-state index contributed by atoms with van der Waals surface area (Å²) in [6.07, 6.45) is 5.28. The van der Waals surface area contributed by atoms with Crippen LogP contribution in [-0.4, -0.2) is 36.8 Å². The first-order chi connectivity index (χ1) is 7.57. The molecule has 2 fully saturated rings. The fourth-order valence-electron chi connectivity index (χ4n) is 3.31. The second-order valence-corrected chi connectivity index (χ2v) is 7.13. The molecular weight excluding hydrogens is 218 g/mol. The maximum absolute atomic E-state index is 5.91. The molecule has 0 amide bonds. The Labute approximate surface area is 104 Å². The summed E-state index contributed by atoms with van der Waals surface area (Å²) in [7, 11) is 0. The molecule has 1 aliphatic carbocycles. The van der Waals surface area contributed by atoms with Crippen LogP contribution < -0.4 is 5.32 Å². The summed E-state index contributed by atoms with van der Waals surface area (Å²) in [5, 5.41) is 4.47. The predicted octanol–water partition coefficient (Wildman–Crippen LogP) is 2.53. The molecule has 2 rings (SSSR count). The smallest absolute Gasteiger partial charge is 0.0684 e. The molecule has 2 nitrogen and oxygen atoms in total. The lowest BCUT2D eigenvalue weighted by Crippen LogP contribution is -2.69. The Bertz CT molecular complexity index is 244. The highest BCUT2D eigenvalue weighted by Gasteiger charge is 2.57. The highest BCUT2D eigenvalue weighted by molar-refractivity contribution is 7.99. The zero-order valence-electron chi connectivity index (χ0n) is 11.0. The molecule has 1 aliphatic heterocycles. The molecule has 16 heavy (non-hydrogen) atoms. The van der Waals surface area contributed by atoms with E-state index in [2.05, 4.69) is 32.3 Å². The SMILES string of the molecule is CSC(C)CNC1C2CCCOC2C1(C)C. The van der Waals surface area contributed by atoms with Gasteiger partial charge in [0.1, 0.15) is 0 Å². The van der Waals surface area contributed by atoms with Crippen LogP contribution in [0.1, 0.15) is 33.6 Å². The third-order valence-corrected chi connectivity index (χ3v) is 5.33. The molecular formula is C13H25NOS. The number of nitrogens with one attached hydrogen (secondary N) is 1. The highest BCUT2D eigenvalue weighted by atomic mass is 32.2. The molecule has 1 heterocycles. The van der Waals surface area contributed by atoms with Gasteiger partial charge in [-0.3, -0.25) is 0 Å². The van der Waals surface area contributed by atoms with Crippen molar-refractivity contribution in [2.24, 2.45) is 11.3 Å². The summed E-state index contributed by atoms with van der Waals surface area (Å²) in [5.74, 6) is 0.762. The van der Waals surface area contributed by atoms with Crippen LogP contribution >= 0.6 is 11.8 Å². The van der Waals surface area contributed by atoms with Gasteiger partial charge in [0.15, 0.2) is 0 Å². The average molecular weight is 243 g/mol. The van der Waals surface area contributed by atoms with E-state index < -0.39 is 0 Å². The van der Waals surface area contributed by atoms with Crippen LogP contribution in [0.3, 0.4) is 0 Å². The van der Waals surface area contributed by atoms with Gasteiger partial charge in [0.25, 0.3) is 0 Å². The summed E-state index contributed by atoms with van der Waals surface area (Å²) in [4.78, 5) is 0. The molecule has 2 aliphatic rings. The molecule has 0 aromatic carbocycles. The molecule has 4 atom stereocenters. The first-order valence-corrected chi connectivity index (χ1v) is 7.74. The van der Waals surface area contributed by atoms with E-state index in [0.717, 1.165) is 19.1 Å². The van der Waals surface area contributed by atoms with Crippen molar-refractivity contribution in [2.75, 3.05) is 19.4 Å². The van der Waals surface area contributed by atoms with E-state index in [0.29, 0.717) is 22.8 Å². The maximum Gasteiger partial charge on any atom is 0.0684 e. The number of thioether (sulfide) groups is 1. The quantitative estimate of drug-likeness (QED) is 0.820. The molecule has 1 N–H and O–H groups in total. The summed E-state index contributed by atoms with van der Waals surface area (Å²) in [5.41, 5.74) is 0.323. The monoisotopic (exact) mass is 243 g/mol. The van der Waals surface area contributed by atoms with E-state index >= 15 is 0 Å². The van der Waals surface area contributed by atoms with Crippen molar-refractivity contribution < 1.29 is 4.74 Å². The van der Waals surface area contributed by atoms with Crippen molar-refractivity contribution in [3.63, 3.8) is 0 Å². The van der Waals surface area contributed by atoms with Crippen LogP contribution in [0.15, 0.2) is 0 Å². The van der Waals surface area contributed by atoms with Gasteiger partial charge in [-0.25, -0.2) is 0 Å². The zero-order chi connectivity index (χ0) is 11.8. The number of fused-ring (bicyclic) bond motifs is 1. The Morgan fingerprint density at radius 2 is 2.25 bits per heavy atom. The number of ether oxygens (including phenoxy) is 1. The lowest BCUT2D eigenvalue weighted by atomic mass is 9.55. The second-order valence-electron chi connectivity index (χ2n) is 5.85. The molecule has 0 spiro atoms.